The van der Waals surface area contributed by atoms with Crippen LogP contribution in [0.2, 0.25) is 0 Å². The van der Waals surface area contributed by atoms with Crippen molar-refractivity contribution in [2.24, 2.45) is 0 Å². The molecule has 114 valence electrons. The van der Waals surface area contributed by atoms with Gasteiger partial charge in [0, 0.05) is 0 Å². The Balaban J connectivity index is 1.91. The molecule has 3 rings (SSSR count). The Labute approximate surface area is 132 Å². The number of phenols is 1. The van der Waals surface area contributed by atoms with Gasteiger partial charge in [-0.15, -0.1) is 0 Å². The van der Waals surface area contributed by atoms with Gasteiger partial charge in [0.05, 0.1) is 0 Å². The van der Waals surface area contributed by atoms with E-state index in [1.807, 2.05) is 6.07 Å². The van der Waals surface area contributed by atoms with Gasteiger partial charge < -0.3 is 9.84 Å². The summed E-state index contributed by atoms with van der Waals surface area (Å²) < 4.78 is 18.2. The molecule has 3 aromatic carbocycles. The van der Waals surface area contributed by atoms with E-state index in [1.54, 1.807) is 42.5 Å². The number of carbonyl (C=O) groups is 1. The average molecular weight is 308 g/mol. The van der Waals surface area contributed by atoms with Crippen molar-refractivity contribution in [3.63, 3.8) is 0 Å². The zero-order valence-corrected chi connectivity index (χ0v) is 12.1. The lowest BCUT2D eigenvalue weighted by atomic mass is 10.0. The van der Waals surface area contributed by atoms with Gasteiger partial charge in [0.2, 0.25) is 0 Å². The van der Waals surface area contributed by atoms with Crippen LogP contribution in [0, 0.1) is 5.82 Å². The second kappa shape index (κ2) is 6.32. The van der Waals surface area contributed by atoms with Crippen LogP contribution < -0.4 is 4.74 Å². The number of rotatable bonds is 3. The molecule has 0 spiro atoms. The van der Waals surface area contributed by atoms with Crippen molar-refractivity contribution >= 4 is 5.97 Å². The molecule has 23 heavy (non-hydrogen) atoms. The lowest BCUT2D eigenvalue weighted by Gasteiger charge is -2.08. The molecular weight excluding hydrogens is 295 g/mol. The predicted octanol–water partition coefficient (Wildman–Crippen LogP) is 4.42. The molecule has 0 unspecified atom stereocenters. The number of halogens is 1. The Kier molecular flexibility index (Phi) is 4.06. The second-order valence-corrected chi connectivity index (χ2v) is 4.94. The lowest BCUT2D eigenvalue weighted by molar-refractivity contribution is 0.0731. The number of benzene rings is 3. The number of carbonyl (C=O) groups excluding carboxylic acids is 1. The van der Waals surface area contributed by atoms with Gasteiger partial charge in [0.1, 0.15) is 22.9 Å². The van der Waals surface area contributed by atoms with Crippen LogP contribution in [0.3, 0.4) is 0 Å². The fraction of sp³-hybridized carbons (Fsp3) is 0. The highest BCUT2D eigenvalue weighted by atomic mass is 19.1. The smallest absolute Gasteiger partial charge is 0.347 e. The van der Waals surface area contributed by atoms with Gasteiger partial charge in [-0.2, -0.15) is 0 Å². The molecule has 0 aliphatic rings. The molecule has 0 aromatic heterocycles. The monoisotopic (exact) mass is 308 g/mol. The molecule has 0 saturated heterocycles. The molecule has 3 nitrogen and oxygen atoms in total. The van der Waals surface area contributed by atoms with Crippen molar-refractivity contribution in [2.75, 3.05) is 0 Å². The van der Waals surface area contributed by atoms with Crippen molar-refractivity contribution in [2.45, 2.75) is 0 Å². The minimum absolute atomic E-state index is 0.0516. The summed E-state index contributed by atoms with van der Waals surface area (Å²) in [4.78, 5) is 12.2. The van der Waals surface area contributed by atoms with Crippen molar-refractivity contribution in [3.05, 3.63) is 84.2 Å². The Hall–Kier alpha value is -3.14. The Morgan fingerprint density at radius 2 is 1.52 bits per heavy atom. The van der Waals surface area contributed by atoms with Gasteiger partial charge in [0.15, 0.2) is 0 Å². The lowest BCUT2D eigenvalue weighted by Crippen LogP contribution is -2.08. The number of para-hydroxylation sites is 1. The third-order valence-corrected chi connectivity index (χ3v) is 3.35. The molecule has 0 heterocycles. The number of esters is 1. The number of ether oxygens (including phenoxy) is 1. The van der Waals surface area contributed by atoms with Crippen LogP contribution in [-0.4, -0.2) is 11.1 Å². The van der Waals surface area contributed by atoms with E-state index in [9.17, 15) is 14.3 Å². The molecule has 0 atom stereocenters. The summed E-state index contributed by atoms with van der Waals surface area (Å²) in [6.07, 6.45) is 0. The van der Waals surface area contributed by atoms with Crippen LogP contribution in [0.5, 0.6) is 11.5 Å². The highest BCUT2D eigenvalue weighted by Gasteiger charge is 2.15. The molecule has 0 fully saturated rings. The average Bonchev–Trinajstić information content (AvgIpc) is 2.57. The second-order valence-electron chi connectivity index (χ2n) is 4.94. The maximum absolute atomic E-state index is 13.0. The summed E-state index contributed by atoms with van der Waals surface area (Å²) >= 11 is 0. The largest absolute Gasteiger partial charge is 0.507 e. The quantitative estimate of drug-likeness (QED) is 0.575. The molecule has 0 aliphatic carbocycles. The van der Waals surface area contributed by atoms with Crippen LogP contribution in [0.1, 0.15) is 10.4 Å². The Morgan fingerprint density at radius 3 is 2.22 bits per heavy atom. The number of hydrogen-bond donors (Lipinski definition) is 1. The fourth-order valence-corrected chi connectivity index (χ4v) is 2.17. The van der Waals surface area contributed by atoms with Crippen LogP contribution in [0.4, 0.5) is 4.39 Å². The fourth-order valence-electron chi connectivity index (χ4n) is 2.17. The van der Waals surface area contributed by atoms with Crippen LogP contribution in [0.25, 0.3) is 11.1 Å². The first-order chi connectivity index (χ1) is 11.1. The minimum Gasteiger partial charge on any atom is -0.507 e. The van der Waals surface area contributed by atoms with Gasteiger partial charge in [-0.3, -0.25) is 0 Å². The van der Waals surface area contributed by atoms with Gasteiger partial charge in [0.25, 0.3) is 0 Å². The SMILES string of the molecule is O=C(Oc1ccccc1)c1cc(-c2ccc(F)cc2)ccc1O. The first kappa shape index (κ1) is 14.8. The van der Waals surface area contributed by atoms with E-state index in [0.717, 1.165) is 5.56 Å². The third-order valence-electron chi connectivity index (χ3n) is 3.35. The molecule has 1 N–H and O–H groups in total. The highest BCUT2D eigenvalue weighted by Crippen LogP contribution is 2.27. The number of phenolic OH excluding ortho intramolecular Hbond substituents is 1. The van der Waals surface area contributed by atoms with Crippen molar-refractivity contribution in [1.82, 2.24) is 0 Å². The topological polar surface area (TPSA) is 46.5 Å². The van der Waals surface area contributed by atoms with Gasteiger partial charge in [-0.05, 0) is 47.5 Å². The van der Waals surface area contributed by atoms with E-state index in [4.69, 9.17) is 4.74 Å². The molecule has 4 heteroatoms. The van der Waals surface area contributed by atoms with E-state index >= 15 is 0 Å². The molecular formula is C19H13FO3. The Bertz CT molecular complexity index is 827. The maximum atomic E-state index is 13.0. The first-order valence-corrected chi connectivity index (χ1v) is 7.00. The van der Waals surface area contributed by atoms with Crippen LogP contribution in [-0.2, 0) is 0 Å². The Morgan fingerprint density at radius 1 is 0.870 bits per heavy atom. The van der Waals surface area contributed by atoms with E-state index in [2.05, 4.69) is 0 Å². The minimum atomic E-state index is -0.655. The third kappa shape index (κ3) is 3.37. The van der Waals surface area contributed by atoms with Gasteiger partial charge >= 0.3 is 5.97 Å². The highest BCUT2D eigenvalue weighted by molar-refractivity contribution is 5.95. The van der Waals surface area contributed by atoms with E-state index in [1.165, 1.54) is 24.3 Å². The zero-order valence-electron chi connectivity index (χ0n) is 12.1. The standard InChI is InChI=1S/C19H13FO3/c20-15-9-6-13(7-10-15)14-8-11-18(21)17(12-14)19(22)23-16-4-2-1-3-5-16/h1-12,21H. The predicted molar refractivity (Wildman–Crippen MR) is 84.9 cm³/mol. The van der Waals surface area contributed by atoms with Gasteiger partial charge in [-0.25, -0.2) is 9.18 Å². The molecule has 0 bridgehead atoms. The summed E-state index contributed by atoms with van der Waals surface area (Å²) in [7, 11) is 0. The first-order valence-electron chi connectivity index (χ1n) is 7.00. The van der Waals surface area contributed by atoms with Crippen molar-refractivity contribution < 1.29 is 19.0 Å². The van der Waals surface area contributed by atoms with Crippen molar-refractivity contribution in [3.8, 4) is 22.6 Å². The summed E-state index contributed by atoms with van der Waals surface area (Å²) in [5.74, 6) is -0.769. The summed E-state index contributed by atoms with van der Waals surface area (Å²) in [5.41, 5.74) is 1.47. The van der Waals surface area contributed by atoms with Crippen LogP contribution in [0.15, 0.2) is 72.8 Å². The normalized spacial score (nSPS) is 10.3. The summed E-state index contributed by atoms with van der Waals surface area (Å²) in [5, 5.41) is 9.91. The van der Waals surface area contributed by atoms with E-state index in [0.29, 0.717) is 11.3 Å². The molecule has 0 radical (unpaired) electrons. The van der Waals surface area contributed by atoms with E-state index < -0.39 is 5.97 Å². The number of hydrogen-bond acceptors (Lipinski definition) is 3. The van der Waals surface area contributed by atoms with Gasteiger partial charge in [-0.1, -0.05) is 36.4 Å². The maximum Gasteiger partial charge on any atom is 0.347 e. The van der Waals surface area contributed by atoms with Crippen molar-refractivity contribution in [1.29, 1.82) is 0 Å². The molecule has 0 aliphatic heterocycles. The van der Waals surface area contributed by atoms with E-state index in [-0.39, 0.29) is 17.1 Å². The molecule has 0 amide bonds. The van der Waals surface area contributed by atoms with Crippen LogP contribution >= 0.6 is 0 Å². The molecule has 3 aromatic rings. The molecule has 0 saturated carbocycles. The zero-order chi connectivity index (χ0) is 16.2. The summed E-state index contributed by atoms with van der Waals surface area (Å²) in [6, 6.07) is 19.1. The number of aromatic hydroxyl groups is 1. The summed E-state index contributed by atoms with van der Waals surface area (Å²) in [6.45, 7) is 0.